The lowest BCUT2D eigenvalue weighted by atomic mass is 9.87. The predicted octanol–water partition coefficient (Wildman–Crippen LogP) is 4.01. The summed E-state index contributed by atoms with van der Waals surface area (Å²) in [6, 6.07) is 1.94. The quantitative estimate of drug-likeness (QED) is 0.717. The van der Waals surface area contributed by atoms with E-state index >= 15 is 0 Å². The molecule has 1 unspecified atom stereocenters. The fourth-order valence-electron chi connectivity index (χ4n) is 1.57. The van der Waals surface area contributed by atoms with Crippen LogP contribution in [-0.4, -0.2) is 4.98 Å². The van der Waals surface area contributed by atoms with E-state index in [1.54, 1.807) is 13.1 Å². The van der Waals surface area contributed by atoms with Gasteiger partial charge in [-0.05, 0) is 37.3 Å². The maximum Gasteiger partial charge on any atom is 0.124 e. The topological polar surface area (TPSA) is 12.9 Å². The van der Waals surface area contributed by atoms with E-state index in [0.29, 0.717) is 5.56 Å². The Kier molecular flexibility index (Phi) is 3.48. The summed E-state index contributed by atoms with van der Waals surface area (Å²) in [5, 5.41) is 0. The molecule has 0 radical (unpaired) electrons. The first-order valence-corrected chi connectivity index (χ1v) is 5.39. The Morgan fingerprint density at radius 3 is 2.47 bits per heavy atom. The summed E-state index contributed by atoms with van der Waals surface area (Å²) < 4.78 is 13.1. The molecule has 2 heteroatoms. The van der Waals surface area contributed by atoms with Gasteiger partial charge < -0.3 is 0 Å². The van der Waals surface area contributed by atoms with Gasteiger partial charge in [0.25, 0.3) is 0 Å². The Morgan fingerprint density at radius 1 is 1.40 bits per heavy atom. The minimum absolute atomic E-state index is 0.213. The van der Waals surface area contributed by atoms with E-state index in [0.717, 1.165) is 17.7 Å². The van der Waals surface area contributed by atoms with Gasteiger partial charge in [0.15, 0.2) is 0 Å². The van der Waals surface area contributed by atoms with Gasteiger partial charge in [0.2, 0.25) is 0 Å². The number of alkyl halides is 1. The molecule has 0 saturated carbocycles. The zero-order valence-corrected chi connectivity index (χ0v) is 10.3. The Morgan fingerprint density at radius 2 is 2.00 bits per heavy atom. The molecule has 0 spiro atoms. The number of rotatable bonds is 2. The molecule has 0 aliphatic heterocycles. The van der Waals surface area contributed by atoms with Crippen LogP contribution in [-0.2, 0) is 6.42 Å². The van der Waals surface area contributed by atoms with E-state index < -0.39 is 6.17 Å². The lowest BCUT2D eigenvalue weighted by Gasteiger charge is -2.19. The summed E-state index contributed by atoms with van der Waals surface area (Å²) in [5.41, 5.74) is 3.06. The molecule has 0 aliphatic carbocycles. The summed E-state index contributed by atoms with van der Waals surface area (Å²) in [5.74, 6) is 0. The third-order valence-electron chi connectivity index (χ3n) is 2.39. The number of aromatic nitrogens is 1. The first-order chi connectivity index (χ1) is 6.79. The summed E-state index contributed by atoms with van der Waals surface area (Å²) >= 11 is 0. The van der Waals surface area contributed by atoms with Crippen molar-refractivity contribution >= 4 is 0 Å². The van der Waals surface area contributed by atoms with Crippen LogP contribution >= 0.6 is 0 Å². The zero-order valence-electron chi connectivity index (χ0n) is 10.3. The smallest absolute Gasteiger partial charge is 0.124 e. The van der Waals surface area contributed by atoms with Crippen molar-refractivity contribution in [1.82, 2.24) is 4.98 Å². The van der Waals surface area contributed by atoms with Gasteiger partial charge in [-0.1, -0.05) is 20.8 Å². The second-order valence-corrected chi connectivity index (χ2v) is 5.37. The lowest BCUT2D eigenvalue weighted by Crippen LogP contribution is -2.11. The number of aryl methyl sites for hydroxylation is 1. The lowest BCUT2D eigenvalue weighted by molar-refractivity contribution is 0.371. The molecule has 0 fully saturated rings. The first-order valence-electron chi connectivity index (χ1n) is 5.39. The van der Waals surface area contributed by atoms with Gasteiger partial charge in [0.05, 0.1) is 0 Å². The third kappa shape index (κ3) is 3.61. The van der Waals surface area contributed by atoms with Crippen molar-refractivity contribution in [2.45, 2.75) is 47.2 Å². The van der Waals surface area contributed by atoms with Gasteiger partial charge in [-0.15, -0.1) is 0 Å². The van der Waals surface area contributed by atoms with E-state index in [9.17, 15) is 4.39 Å². The number of pyridine rings is 1. The van der Waals surface area contributed by atoms with Crippen molar-refractivity contribution in [3.8, 4) is 0 Å². The van der Waals surface area contributed by atoms with Crippen molar-refractivity contribution in [3.05, 3.63) is 29.1 Å². The summed E-state index contributed by atoms with van der Waals surface area (Å²) in [6.45, 7) is 10.1. The second-order valence-electron chi connectivity index (χ2n) is 5.37. The molecule has 1 aromatic rings. The van der Waals surface area contributed by atoms with E-state index in [1.165, 1.54) is 0 Å². The monoisotopic (exact) mass is 209 g/mol. The Bertz CT molecular complexity index is 337. The standard InChI is InChI=1S/C13H20FN/c1-9(14)12-6-11(7-13(3,4)5)10(2)15-8-12/h6,8-9H,7H2,1-5H3. The Balaban J connectivity index is 3.01. The summed E-state index contributed by atoms with van der Waals surface area (Å²) in [6.07, 6.45) is 1.63. The normalized spacial score (nSPS) is 14.0. The Labute approximate surface area is 91.7 Å². The van der Waals surface area contributed by atoms with Gasteiger partial charge in [0.1, 0.15) is 6.17 Å². The molecule has 0 aliphatic rings. The van der Waals surface area contributed by atoms with Crippen LogP contribution < -0.4 is 0 Å². The number of hydrogen-bond acceptors (Lipinski definition) is 1. The van der Waals surface area contributed by atoms with Crippen LogP contribution in [0.25, 0.3) is 0 Å². The highest BCUT2D eigenvalue weighted by Crippen LogP contribution is 2.25. The fourth-order valence-corrected chi connectivity index (χ4v) is 1.57. The van der Waals surface area contributed by atoms with Crippen LogP contribution in [0.1, 0.15) is 50.7 Å². The highest BCUT2D eigenvalue weighted by atomic mass is 19.1. The minimum atomic E-state index is -0.934. The van der Waals surface area contributed by atoms with Crippen molar-refractivity contribution < 1.29 is 4.39 Å². The third-order valence-corrected chi connectivity index (χ3v) is 2.39. The minimum Gasteiger partial charge on any atom is -0.261 e. The molecule has 0 bridgehead atoms. The zero-order chi connectivity index (χ0) is 11.6. The highest BCUT2D eigenvalue weighted by molar-refractivity contribution is 5.26. The van der Waals surface area contributed by atoms with Crippen LogP contribution in [0.2, 0.25) is 0 Å². The Hall–Kier alpha value is -0.920. The molecule has 0 N–H and O–H groups in total. The van der Waals surface area contributed by atoms with Crippen molar-refractivity contribution in [1.29, 1.82) is 0 Å². The fraction of sp³-hybridized carbons (Fsp3) is 0.615. The maximum atomic E-state index is 13.1. The van der Waals surface area contributed by atoms with E-state index in [4.69, 9.17) is 0 Å². The molecule has 84 valence electrons. The predicted molar refractivity (Wildman–Crippen MR) is 61.7 cm³/mol. The van der Waals surface area contributed by atoms with Crippen LogP contribution in [0.3, 0.4) is 0 Å². The molecule has 15 heavy (non-hydrogen) atoms. The second kappa shape index (κ2) is 4.30. The van der Waals surface area contributed by atoms with Gasteiger partial charge in [0, 0.05) is 17.5 Å². The number of nitrogens with zero attached hydrogens (tertiary/aromatic N) is 1. The van der Waals surface area contributed by atoms with Crippen molar-refractivity contribution in [2.24, 2.45) is 5.41 Å². The van der Waals surface area contributed by atoms with Crippen LogP contribution in [0.4, 0.5) is 4.39 Å². The first kappa shape index (κ1) is 12.2. The number of halogens is 1. The van der Waals surface area contributed by atoms with Gasteiger partial charge in [-0.3, -0.25) is 4.98 Å². The van der Waals surface area contributed by atoms with Crippen molar-refractivity contribution in [3.63, 3.8) is 0 Å². The summed E-state index contributed by atoms with van der Waals surface area (Å²) in [7, 11) is 0. The molecule has 0 amide bonds. The molecule has 0 aromatic carbocycles. The molecule has 1 nitrogen and oxygen atoms in total. The SMILES string of the molecule is Cc1ncc(C(C)F)cc1CC(C)(C)C. The summed E-state index contributed by atoms with van der Waals surface area (Å²) in [4.78, 5) is 4.24. The molecule has 1 aromatic heterocycles. The van der Waals surface area contributed by atoms with Crippen LogP contribution in [0, 0.1) is 12.3 Å². The van der Waals surface area contributed by atoms with Crippen LogP contribution in [0.15, 0.2) is 12.3 Å². The molecule has 1 atom stereocenters. The van der Waals surface area contributed by atoms with Crippen LogP contribution in [0.5, 0.6) is 0 Å². The van der Waals surface area contributed by atoms with E-state index in [-0.39, 0.29) is 5.41 Å². The van der Waals surface area contributed by atoms with Gasteiger partial charge in [-0.25, -0.2) is 4.39 Å². The largest absolute Gasteiger partial charge is 0.261 e. The average molecular weight is 209 g/mol. The van der Waals surface area contributed by atoms with Gasteiger partial charge >= 0.3 is 0 Å². The van der Waals surface area contributed by atoms with E-state index in [2.05, 4.69) is 25.8 Å². The van der Waals surface area contributed by atoms with E-state index in [1.807, 2.05) is 13.0 Å². The molecular formula is C13H20FN. The maximum absolute atomic E-state index is 13.1. The highest BCUT2D eigenvalue weighted by Gasteiger charge is 2.15. The van der Waals surface area contributed by atoms with Gasteiger partial charge in [-0.2, -0.15) is 0 Å². The molecular weight excluding hydrogens is 189 g/mol. The molecule has 1 rings (SSSR count). The number of hydrogen-bond donors (Lipinski definition) is 0. The van der Waals surface area contributed by atoms with Crippen molar-refractivity contribution in [2.75, 3.05) is 0 Å². The molecule has 1 heterocycles. The molecule has 0 saturated heterocycles. The average Bonchev–Trinajstić information content (AvgIpc) is 2.06.